The van der Waals surface area contributed by atoms with Crippen molar-refractivity contribution >= 4 is 5.91 Å². The number of rotatable bonds is 3. The number of amides is 1. The second-order valence-electron chi connectivity index (χ2n) is 5.16. The average molecular weight is 262 g/mol. The SMILES string of the molecule is Cc1cc(C)c(CNC(=O)C2COCCN2)cc1C. The van der Waals surface area contributed by atoms with Crippen molar-refractivity contribution in [2.45, 2.75) is 33.4 Å². The molecule has 0 aliphatic carbocycles. The molecule has 0 bridgehead atoms. The number of morpholine rings is 1. The van der Waals surface area contributed by atoms with Gasteiger partial charge in [-0.2, -0.15) is 0 Å². The van der Waals surface area contributed by atoms with Gasteiger partial charge in [0, 0.05) is 13.1 Å². The van der Waals surface area contributed by atoms with Crippen molar-refractivity contribution in [3.05, 3.63) is 34.4 Å². The second-order valence-corrected chi connectivity index (χ2v) is 5.16. The molecule has 2 N–H and O–H groups in total. The molecule has 104 valence electrons. The molecule has 1 aliphatic heterocycles. The van der Waals surface area contributed by atoms with E-state index in [0.717, 1.165) is 6.54 Å². The number of aryl methyl sites for hydroxylation is 3. The number of hydrogen-bond donors (Lipinski definition) is 2. The molecule has 1 heterocycles. The molecule has 2 rings (SSSR count). The largest absolute Gasteiger partial charge is 0.378 e. The Morgan fingerprint density at radius 2 is 2.05 bits per heavy atom. The molecular weight excluding hydrogens is 240 g/mol. The molecule has 1 aliphatic rings. The summed E-state index contributed by atoms with van der Waals surface area (Å²) in [5.74, 6) is 0.0114. The zero-order valence-electron chi connectivity index (χ0n) is 11.9. The van der Waals surface area contributed by atoms with Crippen molar-refractivity contribution in [1.29, 1.82) is 0 Å². The molecular formula is C15H22N2O2. The molecule has 1 unspecified atom stereocenters. The zero-order chi connectivity index (χ0) is 13.8. The van der Waals surface area contributed by atoms with Crippen LogP contribution in [0, 0.1) is 20.8 Å². The molecule has 4 nitrogen and oxygen atoms in total. The number of ether oxygens (including phenoxy) is 1. The third kappa shape index (κ3) is 3.55. The van der Waals surface area contributed by atoms with Crippen LogP contribution in [0.4, 0.5) is 0 Å². The molecule has 0 saturated carbocycles. The molecule has 1 saturated heterocycles. The highest BCUT2D eigenvalue weighted by molar-refractivity contribution is 5.82. The fourth-order valence-corrected chi connectivity index (χ4v) is 2.25. The summed E-state index contributed by atoms with van der Waals surface area (Å²) in [5.41, 5.74) is 4.94. The Morgan fingerprint density at radius 3 is 2.74 bits per heavy atom. The van der Waals surface area contributed by atoms with Gasteiger partial charge in [-0.3, -0.25) is 4.79 Å². The van der Waals surface area contributed by atoms with Gasteiger partial charge < -0.3 is 15.4 Å². The van der Waals surface area contributed by atoms with Crippen LogP contribution in [0.3, 0.4) is 0 Å². The molecule has 19 heavy (non-hydrogen) atoms. The summed E-state index contributed by atoms with van der Waals surface area (Å²) in [7, 11) is 0. The van der Waals surface area contributed by atoms with Gasteiger partial charge in [0.1, 0.15) is 6.04 Å². The van der Waals surface area contributed by atoms with Crippen LogP contribution in [0.15, 0.2) is 12.1 Å². The van der Waals surface area contributed by atoms with E-state index >= 15 is 0 Å². The zero-order valence-corrected chi connectivity index (χ0v) is 11.9. The summed E-state index contributed by atoms with van der Waals surface area (Å²) in [6.07, 6.45) is 0. The van der Waals surface area contributed by atoms with Gasteiger partial charge in [-0.1, -0.05) is 12.1 Å². The van der Waals surface area contributed by atoms with Crippen LogP contribution in [-0.4, -0.2) is 31.7 Å². The summed E-state index contributed by atoms with van der Waals surface area (Å²) in [4.78, 5) is 12.0. The molecule has 1 fully saturated rings. The minimum absolute atomic E-state index is 0.0114. The van der Waals surface area contributed by atoms with Crippen LogP contribution in [-0.2, 0) is 16.1 Å². The van der Waals surface area contributed by atoms with Crippen molar-refractivity contribution in [3.63, 3.8) is 0 Å². The third-order valence-electron chi connectivity index (χ3n) is 3.64. The van der Waals surface area contributed by atoms with Crippen LogP contribution in [0.2, 0.25) is 0 Å². The van der Waals surface area contributed by atoms with Gasteiger partial charge in [-0.25, -0.2) is 0 Å². The van der Waals surface area contributed by atoms with E-state index in [1.165, 1.54) is 22.3 Å². The summed E-state index contributed by atoms with van der Waals surface area (Å²) >= 11 is 0. The van der Waals surface area contributed by atoms with E-state index in [1.807, 2.05) is 0 Å². The summed E-state index contributed by atoms with van der Waals surface area (Å²) in [6.45, 7) is 8.73. The Labute approximate surface area is 114 Å². The molecule has 4 heteroatoms. The maximum absolute atomic E-state index is 12.0. The van der Waals surface area contributed by atoms with Gasteiger partial charge in [0.25, 0.3) is 0 Å². The van der Waals surface area contributed by atoms with Crippen LogP contribution in [0.1, 0.15) is 22.3 Å². The highest BCUT2D eigenvalue weighted by Crippen LogP contribution is 2.15. The van der Waals surface area contributed by atoms with Crippen LogP contribution >= 0.6 is 0 Å². The predicted octanol–water partition coefficient (Wildman–Crippen LogP) is 1.22. The van der Waals surface area contributed by atoms with Crippen molar-refractivity contribution in [1.82, 2.24) is 10.6 Å². The highest BCUT2D eigenvalue weighted by atomic mass is 16.5. The van der Waals surface area contributed by atoms with E-state index in [4.69, 9.17) is 4.74 Å². The van der Waals surface area contributed by atoms with Crippen LogP contribution in [0.25, 0.3) is 0 Å². The maximum atomic E-state index is 12.0. The van der Waals surface area contributed by atoms with Gasteiger partial charge in [-0.05, 0) is 43.0 Å². The molecule has 0 radical (unpaired) electrons. The molecule has 0 aromatic heterocycles. The van der Waals surface area contributed by atoms with Gasteiger partial charge >= 0.3 is 0 Å². The normalized spacial score (nSPS) is 19.2. The lowest BCUT2D eigenvalue weighted by molar-refractivity contribution is -0.126. The van der Waals surface area contributed by atoms with Crippen molar-refractivity contribution in [2.75, 3.05) is 19.8 Å². The minimum atomic E-state index is -0.222. The quantitative estimate of drug-likeness (QED) is 0.861. The number of carbonyl (C=O) groups is 1. The molecule has 1 atom stereocenters. The average Bonchev–Trinajstić information content (AvgIpc) is 2.42. The Hall–Kier alpha value is -1.39. The molecule has 1 aromatic carbocycles. The summed E-state index contributed by atoms with van der Waals surface area (Å²) in [6, 6.07) is 4.09. The number of benzene rings is 1. The first-order chi connectivity index (χ1) is 9.08. The van der Waals surface area contributed by atoms with Gasteiger partial charge in [0.05, 0.1) is 13.2 Å². The Morgan fingerprint density at radius 1 is 1.32 bits per heavy atom. The first kappa shape index (κ1) is 14.0. The molecule has 1 aromatic rings. The van der Waals surface area contributed by atoms with Gasteiger partial charge in [0.15, 0.2) is 0 Å². The van der Waals surface area contributed by atoms with E-state index < -0.39 is 0 Å². The Bertz CT molecular complexity index is 465. The van der Waals surface area contributed by atoms with E-state index in [2.05, 4.69) is 43.5 Å². The van der Waals surface area contributed by atoms with E-state index in [0.29, 0.717) is 19.8 Å². The first-order valence-electron chi connectivity index (χ1n) is 6.73. The lowest BCUT2D eigenvalue weighted by Crippen LogP contribution is -2.51. The van der Waals surface area contributed by atoms with Crippen molar-refractivity contribution < 1.29 is 9.53 Å². The first-order valence-corrected chi connectivity index (χ1v) is 6.73. The van der Waals surface area contributed by atoms with Crippen LogP contribution in [0.5, 0.6) is 0 Å². The standard InChI is InChI=1S/C15H22N2O2/c1-10-6-12(3)13(7-11(10)2)8-17-15(18)14-9-19-5-4-16-14/h6-7,14,16H,4-5,8-9H2,1-3H3,(H,17,18). The Kier molecular flexibility index (Phi) is 4.56. The second kappa shape index (κ2) is 6.17. The summed E-state index contributed by atoms with van der Waals surface area (Å²) < 4.78 is 5.29. The maximum Gasteiger partial charge on any atom is 0.239 e. The van der Waals surface area contributed by atoms with Gasteiger partial charge in [-0.15, -0.1) is 0 Å². The minimum Gasteiger partial charge on any atom is -0.378 e. The molecule has 1 amide bonds. The predicted molar refractivity (Wildman–Crippen MR) is 75.1 cm³/mol. The van der Waals surface area contributed by atoms with E-state index in [1.54, 1.807) is 0 Å². The van der Waals surface area contributed by atoms with Crippen molar-refractivity contribution in [3.8, 4) is 0 Å². The topological polar surface area (TPSA) is 50.4 Å². The highest BCUT2D eigenvalue weighted by Gasteiger charge is 2.20. The number of nitrogens with one attached hydrogen (secondary N) is 2. The van der Waals surface area contributed by atoms with Crippen molar-refractivity contribution in [2.24, 2.45) is 0 Å². The number of hydrogen-bond acceptors (Lipinski definition) is 3. The number of carbonyl (C=O) groups excluding carboxylic acids is 1. The molecule has 0 spiro atoms. The Balaban J connectivity index is 1.94. The summed E-state index contributed by atoms with van der Waals surface area (Å²) in [5, 5.41) is 6.13. The fourth-order valence-electron chi connectivity index (χ4n) is 2.25. The van der Waals surface area contributed by atoms with Gasteiger partial charge in [0.2, 0.25) is 5.91 Å². The van der Waals surface area contributed by atoms with Crippen LogP contribution < -0.4 is 10.6 Å². The van der Waals surface area contributed by atoms with E-state index in [9.17, 15) is 4.79 Å². The third-order valence-corrected chi connectivity index (χ3v) is 3.64. The lowest BCUT2D eigenvalue weighted by atomic mass is 10.0. The smallest absolute Gasteiger partial charge is 0.239 e. The van der Waals surface area contributed by atoms with E-state index in [-0.39, 0.29) is 11.9 Å². The lowest BCUT2D eigenvalue weighted by Gasteiger charge is -2.23. The monoisotopic (exact) mass is 262 g/mol. The fraction of sp³-hybridized carbons (Fsp3) is 0.533.